The smallest absolute Gasteiger partial charge is 0.282 e. The lowest BCUT2D eigenvalue weighted by Gasteiger charge is -2.02. The van der Waals surface area contributed by atoms with Gasteiger partial charge in [0.2, 0.25) is 10.2 Å². The van der Waals surface area contributed by atoms with Gasteiger partial charge in [-0.2, -0.15) is 0 Å². The highest BCUT2D eigenvalue weighted by atomic mass is 32.2. The Labute approximate surface area is 178 Å². The van der Waals surface area contributed by atoms with Crippen LogP contribution in [-0.2, 0) is 12.3 Å². The summed E-state index contributed by atoms with van der Waals surface area (Å²) in [5, 5.41) is 20.3. The quantitative estimate of drug-likeness (QED) is 0.329. The largest absolute Gasteiger partial charge is 0.469 e. The van der Waals surface area contributed by atoms with Crippen LogP contribution in [0.2, 0.25) is 0 Å². The zero-order valence-corrected chi connectivity index (χ0v) is 17.3. The van der Waals surface area contributed by atoms with Crippen molar-refractivity contribution >= 4 is 29.0 Å². The first kappa shape index (κ1) is 20.0. The van der Waals surface area contributed by atoms with Crippen molar-refractivity contribution in [3.8, 4) is 11.4 Å². The molecule has 0 aliphatic heterocycles. The maximum atomic E-state index is 12.9. The van der Waals surface area contributed by atoms with Crippen molar-refractivity contribution in [2.24, 2.45) is 0 Å². The van der Waals surface area contributed by atoms with Gasteiger partial charge in [-0.15, -0.1) is 20.4 Å². The van der Waals surface area contributed by atoms with E-state index in [-0.39, 0.29) is 23.3 Å². The van der Waals surface area contributed by atoms with Gasteiger partial charge in [-0.05, 0) is 30.7 Å². The second-order valence-electron chi connectivity index (χ2n) is 6.17. The van der Waals surface area contributed by atoms with Crippen molar-refractivity contribution in [1.82, 2.24) is 30.4 Å². The summed E-state index contributed by atoms with van der Waals surface area (Å²) in [4.78, 5) is 12.3. The summed E-state index contributed by atoms with van der Waals surface area (Å²) in [6, 6.07) is 7.69. The minimum Gasteiger partial charge on any atom is -0.469 e. The van der Waals surface area contributed by atoms with E-state index in [9.17, 15) is 9.18 Å². The van der Waals surface area contributed by atoms with Crippen LogP contribution in [0.25, 0.3) is 11.4 Å². The molecule has 1 amide bonds. The zero-order chi connectivity index (χ0) is 21.1. The topological polar surface area (TPSA) is 125 Å². The SMILES string of the molecule is Cc1occc1-c1nnc(SCc2nnc(C(=O)NCc3ccc(F)cc3)s2)n1N. The molecule has 0 saturated carbocycles. The molecule has 0 fully saturated rings. The maximum absolute atomic E-state index is 12.9. The number of rotatable bonds is 7. The summed E-state index contributed by atoms with van der Waals surface area (Å²) < 4.78 is 19.6. The first-order valence-electron chi connectivity index (χ1n) is 8.74. The summed E-state index contributed by atoms with van der Waals surface area (Å²) in [6.07, 6.45) is 1.57. The van der Waals surface area contributed by atoms with Crippen LogP contribution < -0.4 is 11.2 Å². The summed E-state index contributed by atoms with van der Waals surface area (Å²) in [5.41, 5.74) is 1.56. The fourth-order valence-electron chi connectivity index (χ4n) is 2.57. The molecule has 0 spiro atoms. The van der Waals surface area contributed by atoms with E-state index >= 15 is 0 Å². The number of nitrogens with two attached hydrogens (primary N) is 1. The van der Waals surface area contributed by atoms with Crippen LogP contribution in [0.1, 0.15) is 26.1 Å². The monoisotopic (exact) mass is 445 g/mol. The highest BCUT2D eigenvalue weighted by Crippen LogP contribution is 2.27. The number of benzene rings is 1. The molecule has 12 heteroatoms. The molecule has 0 radical (unpaired) electrons. The molecule has 0 unspecified atom stereocenters. The van der Waals surface area contributed by atoms with Crippen molar-refractivity contribution in [3.05, 3.63) is 63.8 Å². The fourth-order valence-corrected chi connectivity index (χ4v) is 4.16. The zero-order valence-electron chi connectivity index (χ0n) is 15.7. The van der Waals surface area contributed by atoms with Crippen LogP contribution in [0.5, 0.6) is 0 Å². The van der Waals surface area contributed by atoms with Gasteiger partial charge in [0, 0.05) is 6.54 Å². The number of aromatic nitrogens is 5. The van der Waals surface area contributed by atoms with Crippen molar-refractivity contribution in [1.29, 1.82) is 0 Å². The molecular weight excluding hydrogens is 429 g/mol. The molecule has 1 aromatic carbocycles. The van der Waals surface area contributed by atoms with Gasteiger partial charge in [0.1, 0.15) is 16.6 Å². The van der Waals surface area contributed by atoms with E-state index in [4.69, 9.17) is 10.3 Å². The molecule has 0 atom stereocenters. The Bertz CT molecular complexity index is 1170. The minimum absolute atomic E-state index is 0.247. The van der Waals surface area contributed by atoms with Gasteiger partial charge in [-0.1, -0.05) is 35.2 Å². The Morgan fingerprint density at radius 3 is 2.77 bits per heavy atom. The van der Waals surface area contributed by atoms with Gasteiger partial charge in [-0.3, -0.25) is 4.79 Å². The van der Waals surface area contributed by atoms with E-state index in [1.807, 2.05) is 6.92 Å². The molecule has 9 nitrogen and oxygen atoms in total. The van der Waals surface area contributed by atoms with Crippen LogP contribution >= 0.6 is 23.1 Å². The molecule has 0 saturated heterocycles. The third-order valence-electron chi connectivity index (χ3n) is 4.12. The summed E-state index contributed by atoms with van der Waals surface area (Å²) >= 11 is 2.52. The van der Waals surface area contributed by atoms with E-state index in [1.54, 1.807) is 24.5 Å². The van der Waals surface area contributed by atoms with Crippen molar-refractivity contribution < 1.29 is 13.6 Å². The van der Waals surface area contributed by atoms with Crippen LogP contribution in [-0.4, -0.2) is 31.0 Å². The molecule has 0 bridgehead atoms. The first-order chi connectivity index (χ1) is 14.5. The van der Waals surface area contributed by atoms with Crippen molar-refractivity contribution in [2.45, 2.75) is 24.4 Å². The maximum Gasteiger partial charge on any atom is 0.282 e. The Balaban J connectivity index is 1.35. The van der Waals surface area contributed by atoms with E-state index < -0.39 is 0 Å². The van der Waals surface area contributed by atoms with Gasteiger partial charge < -0.3 is 15.6 Å². The van der Waals surface area contributed by atoms with Gasteiger partial charge in [0.25, 0.3) is 5.91 Å². The summed E-state index contributed by atoms with van der Waals surface area (Å²) in [5.74, 6) is 7.07. The average Bonchev–Trinajstić information content (AvgIpc) is 3.46. The number of nitrogens with one attached hydrogen (secondary N) is 1. The number of nitrogens with zero attached hydrogens (tertiary/aromatic N) is 5. The molecule has 3 N–H and O–H groups in total. The second-order valence-corrected chi connectivity index (χ2v) is 8.17. The molecule has 30 heavy (non-hydrogen) atoms. The van der Waals surface area contributed by atoms with Gasteiger partial charge >= 0.3 is 0 Å². The Morgan fingerprint density at radius 1 is 1.23 bits per heavy atom. The normalized spacial score (nSPS) is 11.0. The summed E-state index contributed by atoms with van der Waals surface area (Å²) in [7, 11) is 0. The molecule has 154 valence electrons. The number of amides is 1. The molecule has 4 rings (SSSR count). The minimum atomic E-state index is -0.340. The lowest BCUT2D eigenvalue weighted by atomic mass is 10.2. The first-order valence-corrected chi connectivity index (χ1v) is 10.5. The Hall–Kier alpha value is -3.25. The van der Waals surface area contributed by atoms with Crippen LogP contribution in [0, 0.1) is 12.7 Å². The third-order valence-corrected chi connectivity index (χ3v) is 6.18. The lowest BCUT2D eigenvalue weighted by molar-refractivity contribution is 0.0950. The van der Waals surface area contributed by atoms with Crippen LogP contribution in [0.3, 0.4) is 0 Å². The third kappa shape index (κ3) is 4.33. The number of thioether (sulfide) groups is 1. The highest BCUT2D eigenvalue weighted by Gasteiger charge is 2.17. The van der Waals surface area contributed by atoms with Crippen molar-refractivity contribution in [2.75, 3.05) is 5.84 Å². The average molecular weight is 446 g/mol. The van der Waals surface area contributed by atoms with Crippen LogP contribution in [0.4, 0.5) is 4.39 Å². The molecule has 4 aromatic rings. The molecule has 0 aliphatic rings. The predicted molar refractivity (Wildman–Crippen MR) is 110 cm³/mol. The molecule has 0 aliphatic carbocycles. The lowest BCUT2D eigenvalue weighted by Crippen LogP contribution is -2.22. The van der Waals surface area contributed by atoms with Gasteiger partial charge in [0.05, 0.1) is 17.6 Å². The Morgan fingerprint density at radius 2 is 2.03 bits per heavy atom. The Kier molecular flexibility index (Phi) is 5.77. The number of carbonyl (C=O) groups excluding carboxylic acids is 1. The van der Waals surface area contributed by atoms with E-state index in [1.165, 1.54) is 39.9 Å². The molecule has 3 aromatic heterocycles. The summed E-state index contributed by atoms with van der Waals surface area (Å²) in [6.45, 7) is 2.09. The molecule has 3 heterocycles. The standard InChI is InChI=1S/C18H16FN7O2S2/c1-10-13(6-7-28-10)15-23-25-18(26(15)20)29-9-14-22-24-17(30-14)16(27)21-8-11-2-4-12(19)5-3-11/h2-7H,8-9,20H2,1H3,(H,21,27). The van der Waals surface area contributed by atoms with Crippen LogP contribution in [0.15, 0.2) is 46.2 Å². The van der Waals surface area contributed by atoms with Crippen molar-refractivity contribution in [3.63, 3.8) is 0 Å². The van der Waals surface area contributed by atoms with Gasteiger partial charge in [-0.25, -0.2) is 9.07 Å². The van der Waals surface area contributed by atoms with E-state index in [0.717, 1.165) is 11.1 Å². The highest BCUT2D eigenvalue weighted by molar-refractivity contribution is 7.98. The van der Waals surface area contributed by atoms with E-state index in [0.29, 0.717) is 27.5 Å². The second kappa shape index (κ2) is 8.63. The fraction of sp³-hybridized carbons (Fsp3) is 0.167. The number of furan rings is 1. The molecular formula is C18H16FN7O2S2. The number of nitrogen functional groups attached to an aromatic ring is 1. The van der Waals surface area contributed by atoms with E-state index in [2.05, 4.69) is 25.7 Å². The predicted octanol–water partition coefficient (Wildman–Crippen LogP) is 2.77. The number of carbonyl (C=O) groups is 1. The number of hydrogen-bond acceptors (Lipinski definition) is 9. The number of hydrogen-bond donors (Lipinski definition) is 2. The number of halogens is 1. The van der Waals surface area contributed by atoms with Gasteiger partial charge in [0.15, 0.2) is 5.82 Å². The number of aryl methyl sites for hydroxylation is 1.